The molecule has 0 heterocycles. The number of hydrogen-bond acceptors (Lipinski definition) is 6. The van der Waals surface area contributed by atoms with Crippen molar-refractivity contribution >= 4 is 11.9 Å². The molecule has 0 fully saturated rings. The average molecular weight is 388 g/mol. The molecule has 2 aromatic carbocycles. The first-order chi connectivity index (χ1) is 13.0. The molecule has 0 spiro atoms. The lowest BCUT2D eigenvalue weighted by Gasteiger charge is -2.24. The van der Waals surface area contributed by atoms with Crippen molar-refractivity contribution in [3.8, 4) is 0 Å². The van der Waals surface area contributed by atoms with Crippen LogP contribution in [0.1, 0.15) is 62.3 Å². The van der Waals surface area contributed by atoms with Crippen molar-refractivity contribution in [2.45, 2.75) is 52.7 Å². The zero-order valence-corrected chi connectivity index (χ0v) is 17.2. The van der Waals surface area contributed by atoms with Gasteiger partial charge in [0.2, 0.25) is 0 Å². The Bertz CT molecular complexity index is 662. The maximum Gasteiger partial charge on any atom is 0.386 e. The minimum atomic E-state index is -0.708. The van der Waals surface area contributed by atoms with Gasteiger partial charge in [-0.25, -0.2) is 29.1 Å². The molecule has 0 aliphatic rings. The van der Waals surface area contributed by atoms with Crippen molar-refractivity contribution in [1.82, 2.24) is 0 Å². The second-order valence-electron chi connectivity index (χ2n) is 7.87. The lowest BCUT2D eigenvalue weighted by atomic mass is 10.2. The minimum absolute atomic E-state index is 0.215. The van der Waals surface area contributed by atoms with E-state index in [0.29, 0.717) is 11.1 Å². The summed E-state index contributed by atoms with van der Waals surface area (Å²) >= 11 is 0. The standard InChI is InChI=1S/C14H10O4.C8H18O2/c15-13(11-7-3-1-4-8-11)17-18-14(16)12-9-5-2-6-10-12;1-7(2,3)9-10-8(4,5)6/h1-10H;1-6H3. The molecular formula is C22H28O6. The van der Waals surface area contributed by atoms with E-state index in [1.54, 1.807) is 60.7 Å². The van der Waals surface area contributed by atoms with E-state index in [2.05, 4.69) is 9.78 Å². The maximum atomic E-state index is 11.5. The summed E-state index contributed by atoms with van der Waals surface area (Å²) in [6, 6.07) is 16.6. The van der Waals surface area contributed by atoms with Gasteiger partial charge >= 0.3 is 11.9 Å². The number of hydrogen-bond donors (Lipinski definition) is 0. The lowest BCUT2D eigenvalue weighted by molar-refractivity contribution is -0.393. The third-order valence-corrected chi connectivity index (χ3v) is 2.75. The Morgan fingerprint density at radius 2 is 0.857 bits per heavy atom. The number of benzene rings is 2. The predicted octanol–water partition coefficient (Wildman–Crippen LogP) is 5.15. The molecule has 0 N–H and O–H groups in total. The van der Waals surface area contributed by atoms with Crippen LogP contribution in [-0.2, 0) is 19.6 Å². The summed E-state index contributed by atoms with van der Waals surface area (Å²) in [6.45, 7) is 11.7. The second-order valence-corrected chi connectivity index (χ2v) is 7.87. The van der Waals surface area contributed by atoms with Crippen LogP contribution in [0.5, 0.6) is 0 Å². The molecule has 6 heteroatoms. The molecule has 0 amide bonds. The zero-order valence-electron chi connectivity index (χ0n) is 17.2. The molecule has 152 valence electrons. The summed E-state index contributed by atoms with van der Waals surface area (Å²) < 4.78 is 0. The summed E-state index contributed by atoms with van der Waals surface area (Å²) in [6.07, 6.45) is 0. The van der Waals surface area contributed by atoms with Gasteiger partial charge in [-0.05, 0) is 65.8 Å². The van der Waals surface area contributed by atoms with Gasteiger partial charge in [-0.15, -0.1) is 0 Å². The normalized spacial score (nSPS) is 11.1. The van der Waals surface area contributed by atoms with Gasteiger partial charge in [0.1, 0.15) is 0 Å². The van der Waals surface area contributed by atoms with E-state index < -0.39 is 11.9 Å². The number of carbonyl (C=O) groups is 2. The van der Waals surface area contributed by atoms with E-state index >= 15 is 0 Å². The summed E-state index contributed by atoms with van der Waals surface area (Å²) in [7, 11) is 0. The van der Waals surface area contributed by atoms with Crippen LogP contribution in [0, 0.1) is 0 Å². The van der Waals surface area contributed by atoms with Gasteiger partial charge in [-0.1, -0.05) is 36.4 Å². The molecule has 28 heavy (non-hydrogen) atoms. The van der Waals surface area contributed by atoms with Gasteiger partial charge < -0.3 is 0 Å². The summed E-state index contributed by atoms with van der Waals surface area (Å²) in [5, 5.41) is 0. The molecule has 0 saturated heterocycles. The molecule has 0 aliphatic heterocycles. The minimum Gasteiger partial charge on any atom is -0.242 e. The first kappa shape index (κ1) is 23.3. The molecule has 2 aromatic rings. The summed E-state index contributed by atoms with van der Waals surface area (Å²) in [5.74, 6) is -1.42. The van der Waals surface area contributed by atoms with Gasteiger partial charge in [-0.3, -0.25) is 0 Å². The zero-order chi connectivity index (χ0) is 21.2. The third-order valence-electron chi connectivity index (χ3n) is 2.75. The number of carbonyl (C=O) groups excluding carboxylic acids is 2. The summed E-state index contributed by atoms with van der Waals surface area (Å²) in [5.41, 5.74) is 0.206. The second kappa shape index (κ2) is 10.6. The fourth-order valence-corrected chi connectivity index (χ4v) is 1.57. The van der Waals surface area contributed by atoms with Crippen LogP contribution < -0.4 is 0 Å². The molecular weight excluding hydrogens is 360 g/mol. The van der Waals surface area contributed by atoms with Gasteiger partial charge in [-0.2, -0.15) is 0 Å². The first-order valence-corrected chi connectivity index (χ1v) is 8.88. The Kier molecular flexibility index (Phi) is 8.82. The van der Waals surface area contributed by atoms with Crippen molar-refractivity contribution in [3.05, 3.63) is 71.8 Å². The monoisotopic (exact) mass is 388 g/mol. The highest BCUT2D eigenvalue weighted by Crippen LogP contribution is 2.14. The highest BCUT2D eigenvalue weighted by atomic mass is 17.2. The highest BCUT2D eigenvalue weighted by Gasteiger charge is 2.18. The molecule has 0 atom stereocenters. The third kappa shape index (κ3) is 10.4. The largest absolute Gasteiger partial charge is 0.386 e. The highest BCUT2D eigenvalue weighted by molar-refractivity contribution is 5.92. The van der Waals surface area contributed by atoms with Crippen LogP contribution in [0.2, 0.25) is 0 Å². The Labute approximate surface area is 166 Å². The Morgan fingerprint density at radius 3 is 1.11 bits per heavy atom. The van der Waals surface area contributed by atoms with Gasteiger partial charge in [0.25, 0.3) is 0 Å². The SMILES string of the molecule is CC(C)(C)OOC(C)(C)C.O=C(OOC(=O)c1ccccc1)c1ccccc1. The molecule has 6 nitrogen and oxygen atoms in total. The fraction of sp³-hybridized carbons (Fsp3) is 0.364. The average Bonchev–Trinajstić information content (AvgIpc) is 2.65. The molecule has 2 rings (SSSR count). The van der Waals surface area contributed by atoms with Crippen molar-refractivity contribution < 1.29 is 29.1 Å². The fourth-order valence-electron chi connectivity index (χ4n) is 1.57. The van der Waals surface area contributed by atoms with Gasteiger partial charge in [0.15, 0.2) is 0 Å². The lowest BCUT2D eigenvalue weighted by Crippen LogP contribution is -2.27. The van der Waals surface area contributed by atoms with Crippen LogP contribution in [0.4, 0.5) is 0 Å². The van der Waals surface area contributed by atoms with Crippen molar-refractivity contribution in [2.75, 3.05) is 0 Å². The van der Waals surface area contributed by atoms with E-state index in [1.807, 2.05) is 41.5 Å². The quantitative estimate of drug-likeness (QED) is 0.535. The molecule has 0 aromatic heterocycles. The smallest absolute Gasteiger partial charge is 0.242 e. The maximum absolute atomic E-state index is 11.5. The Balaban J connectivity index is 0.000000336. The van der Waals surface area contributed by atoms with Crippen LogP contribution in [0.15, 0.2) is 60.7 Å². The van der Waals surface area contributed by atoms with Crippen LogP contribution in [0.25, 0.3) is 0 Å². The number of rotatable bonds is 3. The molecule has 0 saturated carbocycles. The van der Waals surface area contributed by atoms with Crippen molar-refractivity contribution in [1.29, 1.82) is 0 Å². The van der Waals surface area contributed by atoms with Crippen molar-refractivity contribution in [3.63, 3.8) is 0 Å². The van der Waals surface area contributed by atoms with E-state index in [1.165, 1.54) is 0 Å². The first-order valence-electron chi connectivity index (χ1n) is 8.88. The molecule has 0 unspecified atom stereocenters. The topological polar surface area (TPSA) is 71.1 Å². The van der Waals surface area contributed by atoms with E-state index in [0.717, 1.165) is 0 Å². The van der Waals surface area contributed by atoms with Crippen LogP contribution in [-0.4, -0.2) is 23.1 Å². The summed E-state index contributed by atoms with van der Waals surface area (Å²) in [4.78, 5) is 42.1. The van der Waals surface area contributed by atoms with E-state index in [9.17, 15) is 9.59 Å². The Morgan fingerprint density at radius 1 is 0.571 bits per heavy atom. The van der Waals surface area contributed by atoms with Gasteiger partial charge in [0, 0.05) is 0 Å². The molecule has 0 radical (unpaired) electrons. The van der Waals surface area contributed by atoms with Gasteiger partial charge in [0.05, 0.1) is 22.3 Å². The van der Waals surface area contributed by atoms with Crippen LogP contribution in [0.3, 0.4) is 0 Å². The van der Waals surface area contributed by atoms with E-state index in [4.69, 9.17) is 9.78 Å². The van der Waals surface area contributed by atoms with E-state index in [-0.39, 0.29) is 11.2 Å². The molecule has 0 aliphatic carbocycles. The van der Waals surface area contributed by atoms with Crippen molar-refractivity contribution in [2.24, 2.45) is 0 Å². The van der Waals surface area contributed by atoms with Crippen LogP contribution >= 0.6 is 0 Å². The molecule has 0 bridgehead atoms. The Hall–Kier alpha value is -2.70. The predicted molar refractivity (Wildman–Crippen MR) is 105 cm³/mol.